The number of rotatable bonds is 3. The van der Waals surface area contributed by atoms with Crippen molar-refractivity contribution in [2.75, 3.05) is 10.5 Å². The minimum atomic E-state index is -3.66. The van der Waals surface area contributed by atoms with Crippen molar-refractivity contribution in [3.8, 4) is 0 Å². The van der Waals surface area contributed by atoms with Crippen molar-refractivity contribution in [2.45, 2.75) is 11.8 Å². The molecule has 6 heteroatoms. The maximum Gasteiger partial charge on any atom is 0.261 e. The van der Waals surface area contributed by atoms with Gasteiger partial charge in [-0.2, -0.15) is 0 Å². The van der Waals surface area contributed by atoms with Gasteiger partial charge in [0.2, 0.25) is 0 Å². The van der Waals surface area contributed by atoms with E-state index in [-0.39, 0.29) is 4.90 Å². The van der Waals surface area contributed by atoms with Gasteiger partial charge in [-0.15, -0.1) is 0 Å². The van der Waals surface area contributed by atoms with E-state index in [1.807, 2.05) is 6.92 Å². The first-order valence-corrected chi connectivity index (χ1v) is 7.39. The van der Waals surface area contributed by atoms with Gasteiger partial charge in [0, 0.05) is 5.69 Å². The molecule has 0 saturated heterocycles. The molecule has 0 atom stereocenters. The van der Waals surface area contributed by atoms with Crippen molar-refractivity contribution in [3.63, 3.8) is 0 Å². The third kappa shape index (κ3) is 3.19. The molecule has 3 N–H and O–H groups in total. The van der Waals surface area contributed by atoms with Crippen molar-refractivity contribution in [3.05, 3.63) is 53.1 Å². The molecule has 0 fully saturated rings. The van der Waals surface area contributed by atoms with Crippen LogP contribution >= 0.6 is 11.6 Å². The van der Waals surface area contributed by atoms with Gasteiger partial charge in [0.05, 0.1) is 15.6 Å². The van der Waals surface area contributed by atoms with Crippen molar-refractivity contribution < 1.29 is 8.42 Å². The smallest absolute Gasteiger partial charge is 0.261 e. The average molecular weight is 297 g/mol. The van der Waals surface area contributed by atoms with Crippen LogP contribution in [0.1, 0.15) is 5.56 Å². The SMILES string of the molecule is Cc1ccc(NS(=O)(=O)c2ccc(N)cc2)c(Cl)c1. The Labute approximate surface area is 117 Å². The summed E-state index contributed by atoms with van der Waals surface area (Å²) in [6, 6.07) is 11.1. The quantitative estimate of drug-likeness (QED) is 0.855. The molecule has 19 heavy (non-hydrogen) atoms. The maximum atomic E-state index is 12.1. The van der Waals surface area contributed by atoms with Crippen molar-refractivity contribution in [2.24, 2.45) is 0 Å². The Morgan fingerprint density at radius 1 is 1.11 bits per heavy atom. The highest BCUT2D eigenvalue weighted by atomic mass is 35.5. The number of aryl methyl sites for hydroxylation is 1. The number of nitrogens with one attached hydrogen (secondary N) is 1. The molecule has 0 aliphatic carbocycles. The largest absolute Gasteiger partial charge is 0.399 e. The summed E-state index contributed by atoms with van der Waals surface area (Å²) in [6.07, 6.45) is 0. The minimum Gasteiger partial charge on any atom is -0.399 e. The third-order valence-corrected chi connectivity index (χ3v) is 4.25. The van der Waals surface area contributed by atoms with Crippen LogP contribution in [0, 0.1) is 6.92 Å². The third-order valence-electron chi connectivity index (χ3n) is 2.56. The van der Waals surface area contributed by atoms with Crippen molar-refractivity contribution in [1.82, 2.24) is 0 Å². The molecule has 0 heterocycles. The molecule has 0 unspecified atom stereocenters. The van der Waals surface area contributed by atoms with Gasteiger partial charge in [-0.1, -0.05) is 17.7 Å². The molecule has 0 bridgehead atoms. The van der Waals surface area contributed by atoms with Crippen molar-refractivity contribution in [1.29, 1.82) is 0 Å². The summed E-state index contributed by atoms with van der Waals surface area (Å²) in [4.78, 5) is 0.137. The fraction of sp³-hybridized carbons (Fsp3) is 0.0769. The molecule has 0 saturated carbocycles. The Morgan fingerprint density at radius 2 is 1.74 bits per heavy atom. The minimum absolute atomic E-state index is 0.137. The zero-order valence-electron chi connectivity index (χ0n) is 10.2. The van der Waals surface area contributed by atoms with E-state index in [0.717, 1.165) is 5.56 Å². The zero-order chi connectivity index (χ0) is 14.0. The topological polar surface area (TPSA) is 72.2 Å². The fourth-order valence-corrected chi connectivity index (χ4v) is 2.97. The van der Waals surface area contributed by atoms with E-state index < -0.39 is 10.0 Å². The van der Waals surface area contributed by atoms with E-state index in [1.54, 1.807) is 18.2 Å². The van der Waals surface area contributed by atoms with Crippen LogP contribution in [0.2, 0.25) is 5.02 Å². The number of hydrogen-bond acceptors (Lipinski definition) is 3. The average Bonchev–Trinajstić information content (AvgIpc) is 2.33. The lowest BCUT2D eigenvalue weighted by molar-refractivity contribution is 0.601. The molecule has 2 aromatic rings. The first kappa shape index (κ1) is 13.7. The summed E-state index contributed by atoms with van der Waals surface area (Å²) >= 11 is 6.00. The molecule has 100 valence electrons. The number of nitrogens with two attached hydrogens (primary N) is 1. The van der Waals surface area contributed by atoms with Gasteiger partial charge in [0.25, 0.3) is 10.0 Å². The second kappa shape index (κ2) is 5.11. The van der Waals surface area contributed by atoms with E-state index in [2.05, 4.69) is 4.72 Å². The molecule has 0 amide bonds. The van der Waals surface area contributed by atoms with Crippen LogP contribution in [0.5, 0.6) is 0 Å². The Kier molecular flexibility index (Phi) is 3.68. The van der Waals surface area contributed by atoms with E-state index in [0.29, 0.717) is 16.4 Å². The van der Waals surface area contributed by atoms with Gasteiger partial charge in [0.15, 0.2) is 0 Å². The van der Waals surface area contributed by atoms with Gasteiger partial charge >= 0.3 is 0 Å². The molecule has 4 nitrogen and oxygen atoms in total. The lowest BCUT2D eigenvalue weighted by Crippen LogP contribution is -2.13. The maximum absolute atomic E-state index is 12.1. The first-order chi connectivity index (χ1) is 8.88. The highest BCUT2D eigenvalue weighted by Crippen LogP contribution is 2.25. The van der Waals surface area contributed by atoms with Crippen molar-refractivity contribution >= 4 is 33.0 Å². The van der Waals surface area contributed by atoms with Crippen LogP contribution in [0.4, 0.5) is 11.4 Å². The molecule has 0 aliphatic rings. The van der Waals surface area contributed by atoms with Gasteiger partial charge < -0.3 is 5.73 Å². The molecular weight excluding hydrogens is 284 g/mol. The van der Waals surface area contributed by atoms with Gasteiger partial charge in [-0.25, -0.2) is 8.42 Å². The summed E-state index contributed by atoms with van der Waals surface area (Å²) < 4.78 is 26.7. The summed E-state index contributed by atoms with van der Waals surface area (Å²) in [5.74, 6) is 0. The van der Waals surface area contributed by atoms with Crippen LogP contribution in [-0.4, -0.2) is 8.42 Å². The Hall–Kier alpha value is -1.72. The van der Waals surface area contributed by atoms with E-state index in [1.165, 1.54) is 24.3 Å². The van der Waals surface area contributed by atoms with Gasteiger partial charge in [-0.3, -0.25) is 4.72 Å². The van der Waals surface area contributed by atoms with Gasteiger partial charge in [0.1, 0.15) is 0 Å². The molecule has 2 rings (SSSR count). The fourth-order valence-electron chi connectivity index (χ4n) is 1.55. The van der Waals surface area contributed by atoms with E-state index >= 15 is 0 Å². The number of benzene rings is 2. The molecule has 0 aliphatic heterocycles. The Morgan fingerprint density at radius 3 is 2.32 bits per heavy atom. The zero-order valence-corrected chi connectivity index (χ0v) is 11.8. The normalized spacial score (nSPS) is 11.3. The predicted octanol–water partition coefficient (Wildman–Crippen LogP) is 3.03. The predicted molar refractivity (Wildman–Crippen MR) is 77.9 cm³/mol. The molecular formula is C13H13ClN2O2S. The lowest BCUT2D eigenvalue weighted by Gasteiger charge is -2.10. The highest BCUT2D eigenvalue weighted by Gasteiger charge is 2.15. The van der Waals surface area contributed by atoms with E-state index in [9.17, 15) is 8.42 Å². The number of hydrogen-bond donors (Lipinski definition) is 2. The molecule has 2 aromatic carbocycles. The lowest BCUT2D eigenvalue weighted by atomic mass is 10.2. The second-order valence-electron chi connectivity index (χ2n) is 4.16. The summed E-state index contributed by atoms with van der Waals surface area (Å²) in [6.45, 7) is 1.88. The molecule has 0 aromatic heterocycles. The Bertz CT molecular complexity index is 697. The second-order valence-corrected chi connectivity index (χ2v) is 6.25. The number of halogens is 1. The number of anilines is 2. The van der Waals surface area contributed by atoms with Gasteiger partial charge in [-0.05, 0) is 48.9 Å². The number of nitrogen functional groups attached to an aromatic ring is 1. The monoisotopic (exact) mass is 296 g/mol. The summed E-state index contributed by atoms with van der Waals surface area (Å²) in [5, 5.41) is 0.360. The summed E-state index contributed by atoms with van der Waals surface area (Å²) in [7, 11) is -3.66. The summed E-state index contributed by atoms with van der Waals surface area (Å²) in [5.41, 5.74) is 7.34. The highest BCUT2D eigenvalue weighted by molar-refractivity contribution is 7.92. The Balaban J connectivity index is 2.33. The van der Waals surface area contributed by atoms with Crippen LogP contribution < -0.4 is 10.5 Å². The van der Waals surface area contributed by atoms with Crippen LogP contribution in [-0.2, 0) is 10.0 Å². The first-order valence-electron chi connectivity index (χ1n) is 5.53. The molecule has 0 spiro atoms. The van der Waals surface area contributed by atoms with Crippen LogP contribution in [0.15, 0.2) is 47.4 Å². The van der Waals surface area contributed by atoms with E-state index in [4.69, 9.17) is 17.3 Å². The van der Waals surface area contributed by atoms with Crippen LogP contribution in [0.25, 0.3) is 0 Å². The van der Waals surface area contributed by atoms with Crippen LogP contribution in [0.3, 0.4) is 0 Å². The molecule has 0 radical (unpaired) electrons. The number of sulfonamides is 1. The standard InChI is InChI=1S/C13H13ClN2O2S/c1-9-2-7-13(12(14)8-9)16-19(17,18)11-5-3-10(15)4-6-11/h2-8,16H,15H2,1H3.